The number of aryl methyl sites for hydroxylation is 3. The number of methoxy groups -OCH3 is 2. The van der Waals surface area contributed by atoms with E-state index in [9.17, 15) is 9.59 Å². The van der Waals surface area contributed by atoms with E-state index >= 15 is 0 Å². The van der Waals surface area contributed by atoms with Crippen molar-refractivity contribution in [2.45, 2.75) is 20.8 Å². The molecule has 4 aromatic rings. The smallest absolute Gasteiger partial charge is 0.262 e. The number of amides is 1. The molecule has 8 nitrogen and oxygen atoms in total. The van der Waals surface area contributed by atoms with E-state index in [0.717, 1.165) is 28.0 Å². The van der Waals surface area contributed by atoms with Crippen LogP contribution in [0.25, 0.3) is 22.3 Å². The van der Waals surface area contributed by atoms with Crippen LogP contribution in [0.1, 0.15) is 27.0 Å². The van der Waals surface area contributed by atoms with Crippen LogP contribution in [0, 0.1) is 20.8 Å². The third-order valence-corrected chi connectivity index (χ3v) is 5.88. The normalized spacial score (nSPS) is 10.8. The van der Waals surface area contributed by atoms with Crippen LogP contribution in [0.5, 0.6) is 17.2 Å². The van der Waals surface area contributed by atoms with Gasteiger partial charge in [-0.25, -0.2) is 4.98 Å². The van der Waals surface area contributed by atoms with Crippen molar-refractivity contribution in [1.82, 2.24) is 15.3 Å². The fraction of sp³-hybridized carbons (Fsp3) is 0.250. The van der Waals surface area contributed by atoms with Crippen molar-refractivity contribution in [2.24, 2.45) is 0 Å². The first-order valence-electron chi connectivity index (χ1n) is 11.6. The maximum atomic E-state index is 12.9. The number of aromatic amines is 1. The van der Waals surface area contributed by atoms with Crippen molar-refractivity contribution in [3.8, 4) is 28.6 Å². The van der Waals surface area contributed by atoms with Crippen LogP contribution < -0.4 is 25.1 Å². The average molecular weight is 488 g/mol. The first-order valence-corrected chi connectivity index (χ1v) is 11.6. The van der Waals surface area contributed by atoms with Crippen molar-refractivity contribution < 1.29 is 19.0 Å². The molecule has 36 heavy (non-hydrogen) atoms. The minimum atomic E-state index is -0.297. The third kappa shape index (κ3) is 5.17. The minimum Gasteiger partial charge on any atom is -0.497 e. The fourth-order valence-electron chi connectivity index (χ4n) is 4.07. The summed E-state index contributed by atoms with van der Waals surface area (Å²) in [5.41, 5.74) is 4.43. The Balaban J connectivity index is 1.51. The predicted molar refractivity (Wildman–Crippen MR) is 139 cm³/mol. The molecule has 0 bridgehead atoms. The van der Waals surface area contributed by atoms with E-state index in [1.165, 1.54) is 7.11 Å². The molecule has 3 aromatic carbocycles. The van der Waals surface area contributed by atoms with Gasteiger partial charge in [0.1, 0.15) is 35.1 Å². The Kier molecular flexibility index (Phi) is 7.24. The van der Waals surface area contributed by atoms with E-state index in [1.807, 2.05) is 45.0 Å². The molecule has 1 heterocycles. The monoisotopic (exact) mass is 487 g/mol. The van der Waals surface area contributed by atoms with E-state index in [1.54, 1.807) is 31.4 Å². The standard InChI is InChI=1S/C28H29N3O5/c1-16-6-8-19(9-7-16)27(32)29-10-11-36-25-17(2)12-20(13-18(25)3)26-30-22-14-21(34-4)15-23(35-5)24(22)28(33)31-26/h6-9,12-15H,10-11H2,1-5H3,(H,29,32)(H,30,31,33). The van der Waals surface area contributed by atoms with Crippen molar-refractivity contribution >= 4 is 16.8 Å². The molecule has 0 radical (unpaired) electrons. The Morgan fingerprint density at radius 3 is 2.31 bits per heavy atom. The highest BCUT2D eigenvalue weighted by atomic mass is 16.5. The molecule has 4 rings (SSSR count). The van der Waals surface area contributed by atoms with Crippen LogP contribution in [-0.4, -0.2) is 43.2 Å². The van der Waals surface area contributed by atoms with Gasteiger partial charge in [0.25, 0.3) is 11.5 Å². The summed E-state index contributed by atoms with van der Waals surface area (Å²) in [4.78, 5) is 32.7. The lowest BCUT2D eigenvalue weighted by molar-refractivity contribution is 0.0947. The van der Waals surface area contributed by atoms with Gasteiger partial charge < -0.3 is 24.5 Å². The molecule has 1 amide bonds. The van der Waals surface area contributed by atoms with Gasteiger partial charge in [-0.15, -0.1) is 0 Å². The molecular formula is C28H29N3O5. The number of nitrogens with zero attached hydrogens (tertiary/aromatic N) is 1. The molecule has 2 N–H and O–H groups in total. The zero-order valence-corrected chi connectivity index (χ0v) is 21.0. The molecule has 1 aromatic heterocycles. The average Bonchev–Trinajstić information content (AvgIpc) is 2.86. The fourth-order valence-corrected chi connectivity index (χ4v) is 4.07. The Bertz CT molecular complexity index is 1450. The number of carbonyl (C=O) groups excluding carboxylic acids is 1. The molecule has 0 aliphatic carbocycles. The van der Waals surface area contributed by atoms with Crippen molar-refractivity contribution in [2.75, 3.05) is 27.4 Å². The van der Waals surface area contributed by atoms with E-state index < -0.39 is 0 Å². The van der Waals surface area contributed by atoms with Crippen molar-refractivity contribution in [1.29, 1.82) is 0 Å². The Morgan fingerprint density at radius 1 is 0.972 bits per heavy atom. The molecule has 8 heteroatoms. The van der Waals surface area contributed by atoms with Gasteiger partial charge >= 0.3 is 0 Å². The second kappa shape index (κ2) is 10.5. The number of ether oxygens (including phenoxy) is 3. The number of nitrogens with one attached hydrogen (secondary N) is 2. The van der Waals surface area contributed by atoms with Gasteiger partial charge in [-0.05, 0) is 56.2 Å². The maximum Gasteiger partial charge on any atom is 0.262 e. The Hall–Kier alpha value is -4.33. The van der Waals surface area contributed by atoms with Crippen LogP contribution >= 0.6 is 0 Å². The molecule has 0 fully saturated rings. The van der Waals surface area contributed by atoms with Gasteiger partial charge in [-0.1, -0.05) is 17.7 Å². The summed E-state index contributed by atoms with van der Waals surface area (Å²) in [5, 5.41) is 3.24. The Labute approximate surface area is 209 Å². The maximum absolute atomic E-state index is 12.9. The topological polar surface area (TPSA) is 103 Å². The van der Waals surface area contributed by atoms with E-state index in [0.29, 0.717) is 46.9 Å². The summed E-state index contributed by atoms with van der Waals surface area (Å²) in [6.07, 6.45) is 0. The largest absolute Gasteiger partial charge is 0.497 e. The molecule has 0 aliphatic heterocycles. The highest BCUT2D eigenvalue weighted by Crippen LogP contribution is 2.31. The van der Waals surface area contributed by atoms with Gasteiger partial charge in [-0.2, -0.15) is 0 Å². The molecule has 0 unspecified atom stereocenters. The SMILES string of the molecule is COc1cc(OC)c2c(=O)[nH]c(-c3cc(C)c(OCCNC(=O)c4ccc(C)cc4)c(C)c3)nc2c1. The second-order valence-corrected chi connectivity index (χ2v) is 8.55. The number of hydrogen-bond acceptors (Lipinski definition) is 6. The lowest BCUT2D eigenvalue weighted by Crippen LogP contribution is -2.28. The van der Waals surface area contributed by atoms with Gasteiger partial charge in [0.15, 0.2) is 0 Å². The first kappa shape index (κ1) is 24.8. The first-order chi connectivity index (χ1) is 17.3. The summed E-state index contributed by atoms with van der Waals surface area (Å²) in [6.45, 7) is 6.54. The number of H-pyrrole nitrogens is 1. The van der Waals surface area contributed by atoms with E-state index in [2.05, 4.69) is 15.3 Å². The molecule has 0 atom stereocenters. The van der Waals surface area contributed by atoms with Gasteiger partial charge in [-0.3, -0.25) is 9.59 Å². The number of carbonyl (C=O) groups is 1. The summed E-state index contributed by atoms with van der Waals surface area (Å²) < 4.78 is 16.7. The molecule has 186 valence electrons. The zero-order valence-electron chi connectivity index (χ0n) is 21.0. The molecule has 0 saturated carbocycles. The van der Waals surface area contributed by atoms with Crippen molar-refractivity contribution in [3.05, 3.63) is 81.1 Å². The third-order valence-electron chi connectivity index (χ3n) is 5.88. The number of benzene rings is 3. The number of rotatable bonds is 8. The van der Waals surface area contributed by atoms with Gasteiger partial charge in [0.2, 0.25) is 0 Å². The highest BCUT2D eigenvalue weighted by molar-refractivity contribution is 5.94. The minimum absolute atomic E-state index is 0.137. The summed E-state index contributed by atoms with van der Waals surface area (Å²) in [5.74, 6) is 1.98. The highest BCUT2D eigenvalue weighted by Gasteiger charge is 2.15. The summed E-state index contributed by atoms with van der Waals surface area (Å²) >= 11 is 0. The lowest BCUT2D eigenvalue weighted by atomic mass is 10.0. The Morgan fingerprint density at radius 2 is 1.67 bits per heavy atom. The van der Waals surface area contributed by atoms with Gasteiger partial charge in [0, 0.05) is 23.3 Å². The zero-order chi connectivity index (χ0) is 25.8. The lowest BCUT2D eigenvalue weighted by Gasteiger charge is -2.15. The number of aromatic nitrogens is 2. The summed E-state index contributed by atoms with van der Waals surface area (Å²) in [7, 11) is 3.05. The van der Waals surface area contributed by atoms with E-state index in [-0.39, 0.29) is 11.5 Å². The van der Waals surface area contributed by atoms with Crippen LogP contribution in [0.15, 0.2) is 53.3 Å². The van der Waals surface area contributed by atoms with Crippen LogP contribution in [0.4, 0.5) is 0 Å². The van der Waals surface area contributed by atoms with Crippen LogP contribution in [0.3, 0.4) is 0 Å². The summed E-state index contributed by atoms with van der Waals surface area (Å²) in [6, 6.07) is 14.6. The van der Waals surface area contributed by atoms with Crippen LogP contribution in [0.2, 0.25) is 0 Å². The van der Waals surface area contributed by atoms with Crippen molar-refractivity contribution in [3.63, 3.8) is 0 Å². The number of hydrogen-bond donors (Lipinski definition) is 2. The van der Waals surface area contributed by atoms with Crippen LogP contribution in [-0.2, 0) is 0 Å². The predicted octanol–water partition coefficient (Wildman–Crippen LogP) is 4.34. The molecular weight excluding hydrogens is 458 g/mol. The number of fused-ring (bicyclic) bond motifs is 1. The molecule has 0 saturated heterocycles. The molecule has 0 aliphatic rings. The molecule has 0 spiro atoms. The quantitative estimate of drug-likeness (QED) is 0.359. The van der Waals surface area contributed by atoms with E-state index in [4.69, 9.17) is 14.2 Å². The second-order valence-electron chi connectivity index (χ2n) is 8.55. The van der Waals surface area contributed by atoms with Gasteiger partial charge in [0.05, 0.1) is 26.3 Å².